The molecule has 1 aliphatic carbocycles. The average molecular weight is 251 g/mol. The van der Waals surface area contributed by atoms with Gasteiger partial charge in [0.25, 0.3) is 5.56 Å². The lowest BCUT2D eigenvalue weighted by molar-refractivity contribution is 0.171. The lowest BCUT2D eigenvalue weighted by Crippen LogP contribution is -2.35. The molecule has 0 aromatic carbocycles. The number of nitrogens with one attached hydrogen (secondary N) is 1. The minimum atomic E-state index is -0.0262. The number of rotatable bonds is 6. The largest absolute Gasteiger partial charge is 0.383 e. The molecular weight excluding hydrogens is 230 g/mol. The third-order valence-electron chi connectivity index (χ3n) is 3.28. The second-order valence-electron chi connectivity index (χ2n) is 5.17. The Hall–Kier alpha value is -1.36. The van der Waals surface area contributed by atoms with Gasteiger partial charge in [0.05, 0.1) is 12.6 Å². The van der Waals surface area contributed by atoms with E-state index in [1.165, 1.54) is 0 Å². The van der Waals surface area contributed by atoms with Gasteiger partial charge in [0.2, 0.25) is 0 Å². The van der Waals surface area contributed by atoms with Gasteiger partial charge in [-0.15, -0.1) is 0 Å². The van der Waals surface area contributed by atoms with Crippen molar-refractivity contribution in [2.45, 2.75) is 38.8 Å². The summed E-state index contributed by atoms with van der Waals surface area (Å²) >= 11 is 0. The molecule has 1 saturated carbocycles. The van der Waals surface area contributed by atoms with Gasteiger partial charge in [-0.1, -0.05) is 13.8 Å². The number of methoxy groups -OCH3 is 1. The van der Waals surface area contributed by atoms with E-state index in [0.29, 0.717) is 24.4 Å². The predicted molar refractivity (Wildman–Crippen MR) is 70.9 cm³/mol. The molecule has 1 fully saturated rings. The molecule has 1 aromatic heterocycles. The normalized spacial score (nSPS) is 16.9. The van der Waals surface area contributed by atoms with Crippen LogP contribution < -0.4 is 10.9 Å². The molecule has 1 aliphatic rings. The van der Waals surface area contributed by atoms with Crippen molar-refractivity contribution < 1.29 is 4.74 Å². The standard InChI is InChI=1S/C13H21N3O2/c1-9(2)11(8-18-3)15-12-13(17)16(7-6-14-12)10-4-5-10/h6-7,9-11H,4-5,8H2,1-3H3,(H,14,15). The number of anilines is 1. The summed E-state index contributed by atoms with van der Waals surface area (Å²) in [5.41, 5.74) is -0.0262. The first-order valence-corrected chi connectivity index (χ1v) is 6.46. The van der Waals surface area contributed by atoms with E-state index in [0.717, 1.165) is 12.8 Å². The summed E-state index contributed by atoms with van der Waals surface area (Å²) in [7, 11) is 1.66. The predicted octanol–water partition coefficient (Wildman–Crippen LogP) is 1.66. The zero-order valence-electron chi connectivity index (χ0n) is 11.2. The Labute approximate surface area is 107 Å². The molecule has 1 unspecified atom stereocenters. The van der Waals surface area contributed by atoms with Gasteiger partial charge in [-0.25, -0.2) is 4.98 Å². The van der Waals surface area contributed by atoms with E-state index >= 15 is 0 Å². The van der Waals surface area contributed by atoms with Crippen molar-refractivity contribution in [2.75, 3.05) is 19.0 Å². The molecule has 1 atom stereocenters. The van der Waals surface area contributed by atoms with Gasteiger partial charge < -0.3 is 14.6 Å². The summed E-state index contributed by atoms with van der Waals surface area (Å²) in [6.45, 7) is 4.76. The molecule has 1 aromatic rings. The highest BCUT2D eigenvalue weighted by Crippen LogP contribution is 2.33. The molecule has 5 nitrogen and oxygen atoms in total. The molecule has 5 heteroatoms. The summed E-state index contributed by atoms with van der Waals surface area (Å²) in [5.74, 6) is 0.806. The highest BCUT2D eigenvalue weighted by atomic mass is 16.5. The van der Waals surface area contributed by atoms with Crippen molar-refractivity contribution in [1.82, 2.24) is 9.55 Å². The molecular formula is C13H21N3O2. The van der Waals surface area contributed by atoms with Gasteiger partial charge >= 0.3 is 0 Å². The van der Waals surface area contributed by atoms with Gasteiger partial charge in [-0.3, -0.25) is 4.79 Å². The average Bonchev–Trinajstić information content (AvgIpc) is 3.15. The second-order valence-corrected chi connectivity index (χ2v) is 5.17. The van der Waals surface area contributed by atoms with Crippen molar-refractivity contribution in [1.29, 1.82) is 0 Å². The van der Waals surface area contributed by atoms with Crippen molar-refractivity contribution >= 4 is 5.82 Å². The fourth-order valence-corrected chi connectivity index (χ4v) is 1.92. The van der Waals surface area contributed by atoms with Gasteiger partial charge in [-0.2, -0.15) is 0 Å². The number of nitrogens with zero attached hydrogens (tertiary/aromatic N) is 2. The van der Waals surface area contributed by atoms with Crippen LogP contribution in [0.15, 0.2) is 17.2 Å². The SMILES string of the molecule is COCC(Nc1nccn(C2CC2)c1=O)C(C)C. The van der Waals surface area contributed by atoms with E-state index in [1.807, 2.05) is 0 Å². The molecule has 18 heavy (non-hydrogen) atoms. The molecule has 0 bridgehead atoms. The summed E-state index contributed by atoms with van der Waals surface area (Å²) < 4.78 is 6.95. The van der Waals surface area contributed by atoms with Crippen LogP contribution >= 0.6 is 0 Å². The lowest BCUT2D eigenvalue weighted by Gasteiger charge is -2.21. The molecule has 0 spiro atoms. The summed E-state index contributed by atoms with van der Waals surface area (Å²) in [5, 5.41) is 3.20. The van der Waals surface area contributed by atoms with E-state index in [9.17, 15) is 4.79 Å². The van der Waals surface area contributed by atoms with Crippen LogP contribution in [0.2, 0.25) is 0 Å². The molecule has 0 saturated heterocycles. The third-order valence-corrected chi connectivity index (χ3v) is 3.28. The minimum absolute atomic E-state index is 0.0262. The molecule has 2 rings (SSSR count). The van der Waals surface area contributed by atoms with Crippen molar-refractivity contribution in [3.8, 4) is 0 Å². The first-order chi connectivity index (χ1) is 8.63. The van der Waals surface area contributed by atoms with Crippen LogP contribution in [0, 0.1) is 5.92 Å². The maximum absolute atomic E-state index is 12.2. The zero-order valence-corrected chi connectivity index (χ0v) is 11.2. The third kappa shape index (κ3) is 2.90. The first kappa shape index (κ1) is 13.1. The topological polar surface area (TPSA) is 56.1 Å². The molecule has 1 heterocycles. The number of hydrogen-bond donors (Lipinski definition) is 1. The maximum atomic E-state index is 12.2. The van der Waals surface area contributed by atoms with Crippen molar-refractivity contribution in [3.05, 3.63) is 22.7 Å². The Balaban J connectivity index is 2.17. The smallest absolute Gasteiger partial charge is 0.293 e. The monoisotopic (exact) mass is 251 g/mol. The van der Waals surface area contributed by atoms with Gasteiger partial charge in [0.15, 0.2) is 5.82 Å². The number of aromatic nitrogens is 2. The van der Waals surface area contributed by atoms with Crippen LogP contribution in [0.4, 0.5) is 5.82 Å². The summed E-state index contributed by atoms with van der Waals surface area (Å²) in [6, 6.07) is 0.478. The Morgan fingerprint density at radius 3 is 2.83 bits per heavy atom. The Morgan fingerprint density at radius 1 is 1.56 bits per heavy atom. The van der Waals surface area contributed by atoms with Gasteiger partial charge in [0, 0.05) is 25.5 Å². The van der Waals surface area contributed by atoms with E-state index in [-0.39, 0.29) is 11.6 Å². The van der Waals surface area contributed by atoms with Crippen molar-refractivity contribution in [2.24, 2.45) is 5.92 Å². The number of hydrogen-bond acceptors (Lipinski definition) is 4. The van der Waals surface area contributed by atoms with Crippen LogP contribution in [0.25, 0.3) is 0 Å². The Kier molecular flexibility index (Phi) is 4.01. The molecule has 0 amide bonds. The van der Waals surface area contributed by atoms with E-state index in [2.05, 4.69) is 24.1 Å². The molecule has 100 valence electrons. The first-order valence-electron chi connectivity index (χ1n) is 6.46. The minimum Gasteiger partial charge on any atom is -0.383 e. The maximum Gasteiger partial charge on any atom is 0.293 e. The lowest BCUT2D eigenvalue weighted by atomic mass is 10.1. The van der Waals surface area contributed by atoms with Crippen LogP contribution in [0.3, 0.4) is 0 Å². The molecule has 0 aliphatic heterocycles. The van der Waals surface area contributed by atoms with Crippen LogP contribution in [-0.4, -0.2) is 29.3 Å². The van der Waals surface area contributed by atoms with E-state index < -0.39 is 0 Å². The van der Waals surface area contributed by atoms with E-state index in [4.69, 9.17) is 4.74 Å². The summed E-state index contributed by atoms with van der Waals surface area (Å²) in [4.78, 5) is 16.4. The summed E-state index contributed by atoms with van der Waals surface area (Å²) in [6.07, 6.45) is 5.64. The van der Waals surface area contributed by atoms with Crippen LogP contribution in [-0.2, 0) is 4.74 Å². The fourth-order valence-electron chi connectivity index (χ4n) is 1.92. The highest BCUT2D eigenvalue weighted by Gasteiger charge is 2.25. The zero-order chi connectivity index (χ0) is 13.1. The fraction of sp³-hybridized carbons (Fsp3) is 0.692. The number of ether oxygens (including phenoxy) is 1. The van der Waals surface area contributed by atoms with Crippen molar-refractivity contribution in [3.63, 3.8) is 0 Å². The van der Waals surface area contributed by atoms with Crippen LogP contribution in [0.5, 0.6) is 0 Å². The van der Waals surface area contributed by atoms with Gasteiger partial charge in [-0.05, 0) is 18.8 Å². The van der Waals surface area contributed by atoms with Gasteiger partial charge in [0.1, 0.15) is 0 Å². The molecule has 0 radical (unpaired) electrons. The highest BCUT2D eigenvalue weighted by molar-refractivity contribution is 5.33. The second kappa shape index (κ2) is 5.52. The Bertz CT molecular complexity index is 452. The van der Waals surface area contributed by atoms with Crippen LogP contribution in [0.1, 0.15) is 32.7 Å². The Morgan fingerprint density at radius 2 is 2.28 bits per heavy atom. The van der Waals surface area contributed by atoms with E-state index in [1.54, 1.807) is 24.1 Å². The quantitative estimate of drug-likeness (QED) is 0.835. The molecule has 1 N–H and O–H groups in total.